The second-order valence-corrected chi connectivity index (χ2v) is 6.28. The van der Waals surface area contributed by atoms with Gasteiger partial charge in [0.15, 0.2) is 0 Å². The molecule has 2 heterocycles. The number of pyridine rings is 1. The van der Waals surface area contributed by atoms with Gasteiger partial charge < -0.3 is 26.5 Å². The first-order valence-corrected chi connectivity index (χ1v) is 8.27. The van der Waals surface area contributed by atoms with Crippen LogP contribution in [0.25, 0.3) is 0 Å². The van der Waals surface area contributed by atoms with E-state index in [-0.39, 0.29) is 28.5 Å². The lowest BCUT2D eigenvalue weighted by Crippen LogP contribution is -2.33. The number of hydrogen-bond donors (Lipinski definition) is 4. The molecule has 1 saturated heterocycles. The smallest absolute Gasteiger partial charge is 0.273 e. The van der Waals surface area contributed by atoms with Gasteiger partial charge >= 0.3 is 0 Å². The summed E-state index contributed by atoms with van der Waals surface area (Å²) in [5.41, 5.74) is 7.18. The van der Waals surface area contributed by atoms with Gasteiger partial charge in [-0.2, -0.15) is 0 Å². The van der Waals surface area contributed by atoms with Crippen LogP contribution in [0.15, 0.2) is 29.1 Å². The highest BCUT2D eigenvalue weighted by atomic mass is 35.5. The molecule has 1 amide bonds. The van der Waals surface area contributed by atoms with E-state index < -0.39 is 5.91 Å². The van der Waals surface area contributed by atoms with Crippen molar-refractivity contribution in [3.05, 3.63) is 34.8 Å². The predicted octanol–water partition coefficient (Wildman–Crippen LogP) is 1.52. The Morgan fingerprint density at radius 2 is 2.25 bits per heavy atom. The fourth-order valence-electron chi connectivity index (χ4n) is 2.42. The van der Waals surface area contributed by atoms with E-state index in [4.69, 9.17) is 27.5 Å². The summed E-state index contributed by atoms with van der Waals surface area (Å²) in [4.78, 5) is 16.5. The van der Waals surface area contributed by atoms with Crippen molar-refractivity contribution in [3.63, 3.8) is 0 Å². The molecule has 0 unspecified atom stereocenters. The molecule has 5 N–H and O–H groups in total. The summed E-state index contributed by atoms with van der Waals surface area (Å²) in [6, 6.07) is 3.55. The SMILES string of the molecule is N=C(/C(Cl)=C(\N)C(=O)Nc1ccc([C@H]2CNCCO2)nc1)C1CC1. The molecule has 0 bridgehead atoms. The zero-order valence-electron chi connectivity index (χ0n) is 13.1. The maximum absolute atomic E-state index is 12.2. The first kappa shape index (κ1) is 16.9. The average molecular weight is 350 g/mol. The van der Waals surface area contributed by atoms with Gasteiger partial charge in [-0.05, 0) is 25.0 Å². The third-order valence-electron chi connectivity index (χ3n) is 4.00. The highest BCUT2D eigenvalue weighted by Gasteiger charge is 2.30. The van der Waals surface area contributed by atoms with Gasteiger partial charge in [0.05, 0.1) is 34.9 Å². The Kier molecular flexibility index (Phi) is 5.13. The third-order valence-corrected chi connectivity index (χ3v) is 4.41. The van der Waals surface area contributed by atoms with Crippen molar-refractivity contribution in [1.29, 1.82) is 5.41 Å². The Morgan fingerprint density at radius 1 is 1.46 bits per heavy atom. The van der Waals surface area contributed by atoms with Crippen molar-refractivity contribution in [3.8, 4) is 0 Å². The minimum absolute atomic E-state index is 0.0289. The monoisotopic (exact) mass is 349 g/mol. The number of nitrogens with zero attached hydrogens (tertiary/aromatic N) is 1. The number of aromatic nitrogens is 1. The zero-order chi connectivity index (χ0) is 17.1. The van der Waals surface area contributed by atoms with E-state index in [2.05, 4.69) is 15.6 Å². The van der Waals surface area contributed by atoms with E-state index in [9.17, 15) is 4.79 Å². The number of carbonyl (C=O) groups excluding carboxylic acids is 1. The summed E-state index contributed by atoms with van der Waals surface area (Å²) in [5.74, 6) is -0.399. The van der Waals surface area contributed by atoms with Crippen LogP contribution in [-0.2, 0) is 9.53 Å². The Bertz CT molecular complexity index is 664. The number of halogens is 1. The molecule has 1 aromatic heterocycles. The molecule has 7 nitrogen and oxygen atoms in total. The van der Waals surface area contributed by atoms with Crippen LogP contribution in [-0.4, -0.2) is 36.3 Å². The Morgan fingerprint density at radius 3 is 2.83 bits per heavy atom. The maximum Gasteiger partial charge on any atom is 0.273 e. The van der Waals surface area contributed by atoms with Crippen molar-refractivity contribution in [1.82, 2.24) is 10.3 Å². The summed E-state index contributed by atoms with van der Waals surface area (Å²) in [7, 11) is 0. The standard InChI is InChI=1S/C16H20ClN5O2/c17-13(14(18)9-1-2-9)15(19)16(23)22-10-3-4-11(21-7-10)12-8-20-5-6-24-12/h3-4,7,9,12,18,20H,1-2,5-6,8,19H2,(H,22,23)/b15-13+,18-14?/t12-/m1/s1. The number of nitrogens with two attached hydrogens (primary N) is 1. The Labute approximate surface area is 145 Å². The van der Waals surface area contributed by atoms with Crippen molar-refractivity contribution in [2.45, 2.75) is 18.9 Å². The molecule has 1 saturated carbocycles. The third kappa shape index (κ3) is 3.92. The molecule has 2 aliphatic rings. The molecule has 128 valence electrons. The topological polar surface area (TPSA) is 113 Å². The lowest BCUT2D eigenvalue weighted by Gasteiger charge is -2.23. The van der Waals surface area contributed by atoms with Crippen molar-refractivity contribution >= 4 is 28.9 Å². The highest BCUT2D eigenvalue weighted by Crippen LogP contribution is 2.34. The number of rotatable bonds is 5. The number of anilines is 1. The summed E-state index contributed by atoms with van der Waals surface area (Å²) in [6.07, 6.45) is 3.32. The first-order chi connectivity index (χ1) is 11.6. The van der Waals surface area contributed by atoms with Crippen LogP contribution in [0.5, 0.6) is 0 Å². The van der Waals surface area contributed by atoms with Crippen molar-refractivity contribution < 1.29 is 9.53 Å². The lowest BCUT2D eigenvalue weighted by atomic mass is 10.2. The number of nitrogens with one attached hydrogen (secondary N) is 3. The van der Waals surface area contributed by atoms with Gasteiger partial charge in [0.2, 0.25) is 0 Å². The first-order valence-electron chi connectivity index (χ1n) is 7.90. The number of hydrogen-bond acceptors (Lipinski definition) is 6. The molecule has 1 aliphatic carbocycles. The largest absolute Gasteiger partial charge is 0.393 e. The van der Waals surface area contributed by atoms with Crippen LogP contribution in [0.1, 0.15) is 24.6 Å². The summed E-state index contributed by atoms with van der Waals surface area (Å²) in [5, 5.41) is 13.8. The van der Waals surface area contributed by atoms with Gasteiger partial charge in [-0.25, -0.2) is 0 Å². The number of carbonyl (C=O) groups is 1. The molecule has 0 radical (unpaired) electrons. The van der Waals surface area contributed by atoms with Crippen molar-refractivity contribution in [2.24, 2.45) is 11.7 Å². The number of allylic oxidation sites excluding steroid dienone is 1. The second-order valence-electron chi connectivity index (χ2n) is 5.91. The van der Waals surface area contributed by atoms with Crippen LogP contribution in [0, 0.1) is 11.3 Å². The van der Waals surface area contributed by atoms with E-state index in [1.807, 2.05) is 0 Å². The van der Waals surface area contributed by atoms with E-state index >= 15 is 0 Å². The van der Waals surface area contributed by atoms with Crippen LogP contribution in [0.4, 0.5) is 5.69 Å². The average Bonchev–Trinajstić information content (AvgIpc) is 3.46. The van der Waals surface area contributed by atoms with E-state index in [1.165, 1.54) is 0 Å². The zero-order valence-corrected chi connectivity index (χ0v) is 13.9. The summed E-state index contributed by atoms with van der Waals surface area (Å²) in [6.45, 7) is 2.21. The van der Waals surface area contributed by atoms with Gasteiger partial charge in [0.25, 0.3) is 5.91 Å². The second kappa shape index (κ2) is 7.29. The lowest BCUT2D eigenvalue weighted by molar-refractivity contribution is -0.112. The Balaban J connectivity index is 1.63. The van der Waals surface area contributed by atoms with E-state index in [0.29, 0.717) is 18.8 Å². The molecule has 3 rings (SSSR count). The fraction of sp³-hybridized carbons (Fsp3) is 0.438. The van der Waals surface area contributed by atoms with Crippen LogP contribution in [0.2, 0.25) is 0 Å². The predicted molar refractivity (Wildman–Crippen MR) is 91.9 cm³/mol. The van der Waals surface area contributed by atoms with Gasteiger partial charge in [-0.1, -0.05) is 11.6 Å². The van der Waals surface area contributed by atoms with Crippen molar-refractivity contribution in [2.75, 3.05) is 25.0 Å². The van der Waals surface area contributed by atoms with Gasteiger partial charge in [-0.15, -0.1) is 0 Å². The number of amides is 1. The molecule has 1 atom stereocenters. The normalized spacial score (nSPS) is 21.8. The molecule has 0 spiro atoms. The van der Waals surface area contributed by atoms with Crippen LogP contribution in [0.3, 0.4) is 0 Å². The van der Waals surface area contributed by atoms with E-state index in [1.54, 1.807) is 18.3 Å². The van der Waals surface area contributed by atoms with Crippen LogP contribution < -0.4 is 16.4 Å². The highest BCUT2D eigenvalue weighted by molar-refractivity contribution is 6.45. The van der Waals surface area contributed by atoms with Crippen LogP contribution >= 0.6 is 11.6 Å². The summed E-state index contributed by atoms with van der Waals surface area (Å²) >= 11 is 6.03. The summed E-state index contributed by atoms with van der Waals surface area (Å²) < 4.78 is 5.63. The maximum atomic E-state index is 12.2. The minimum atomic E-state index is -0.532. The quantitative estimate of drug-likeness (QED) is 0.475. The van der Waals surface area contributed by atoms with Gasteiger partial charge in [0, 0.05) is 19.0 Å². The fourth-order valence-corrected chi connectivity index (χ4v) is 2.66. The minimum Gasteiger partial charge on any atom is -0.393 e. The molecule has 2 fully saturated rings. The molecule has 1 aliphatic heterocycles. The Hall–Kier alpha value is -1.96. The number of ether oxygens (including phenoxy) is 1. The molecule has 8 heteroatoms. The molecule has 0 aromatic carbocycles. The van der Waals surface area contributed by atoms with Gasteiger partial charge in [-0.3, -0.25) is 9.78 Å². The molecule has 1 aromatic rings. The molecule has 24 heavy (non-hydrogen) atoms. The van der Waals surface area contributed by atoms with E-state index in [0.717, 1.165) is 25.1 Å². The number of morpholine rings is 1. The van der Waals surface area contributed by atoms with Gasteiger partial charge in [0.1, 0.15) is 11.8 Å². The molecular formula is C16H20ClN5O2. The molecular weight excluding hydrogens is 330 g/mol.